The number of halogens is 3. The number of esters is 1. The zero-order valence-electron chi connectivity index (χ0n) is 24.7. The first kappa shape index (κ1) is 32.0. The van der Waals surface area contributed by atoms with Crippen LogP contribution in [0.3, 0.4) is 0 Å². The number of carbonyl (C=O) groups is 1. The van der Waals surface area contributed by atoms with E-state index in [1.807, 2.05) is 13.0 Å². The molecule has 0 aliphatic carbocycles. The quantitative estimate of drug-likeness (QED) is 0.0867. The average Bonchev–Trinajstić information content (AvgIpc) is 3.36. The summed E-state index contributed by atoms with van der Waals surface area (Å²) >= 11 is 0. The molecule has 238 valence electrons. The second-order valence-electron chi connectivity index (χ2n) is 11.3. The maximum atomic E-state index is 14.8. The predicted molar refractivity (Wildman–Crippen MR) is 161 cm³/mol. The van der Waals surface area contributed by atoms with Crippen molar-refractivity contribution in [1.82, 2.24) is 9.47 Å². The molecule has 0 bridgehead atoms. The number of rotatable bonds is 11. The Morgan fingerprint density at radius 3 is 2.40 bits per heavy atom. The van der Waals surface area contributed by atoms with Crippen molar-refractivity contribution in [2.45, 2.75) is 57.0 Å². The van der Waals surface area contributed by atoms with E-state index in [0.29, 0.717) is 37.2 Å². The molecule has 3 aromatic carbocycles. The van der Waals surface area contributed by atoms with E-state index in [0.717, 1.165) is 11.6 Å². The Kier molecular flexibility index (Phi) is 9.45. The topological polar surface area (TPSA) is 107 Å². The van der Waals surface area contributed by atoms with Gasteiger partial charge in [0, 0.05) is 67.9 Å². The number of benzene rings is 3. The van der Waals surface area contributed by atoms with Gasteiger partial charge >= 0.3 is 12.1 Å². The van der Waals surface area contributed by atoms with E-state index in [1.54, 1.807) is 53.4 Å². The first-order valence-corrected chi connectivity index (χ1v) is 14.8. The van der Waals surface area contributed by atoms with Gasteiger partial charge in [-0.25, -0.2) is 0 Å². The van der Waals surface area contributed by atoms with Gasteiger partial charge in [0.05, 0.1) is 10.4 Å². The molecule has 0 saturated carbocycles. The number of nitrogens with zero attached hydrogens (tertiary/aromatic N) is 3. The number of alkyl halides is 3. The van der Waals surface area contributed by atoms with E-state index < -0.39 is 23.2 Å². The summed E-state index contributed by atoms with van der Waals surface area (Å²) in [6.45, 7) is 1.80. The van der Waals surface area contributed by atoms with Gasteiger partial charge in [-0.15, -0.1) is 0 Å². The van der Waals surface area contributed by atoms with Crippen LogP contribution in [0.1, 0.15) is 43.7 Å². The highest BCUT2D eigenvalue weighted by Gasteiger charge is 2.57. The fourth-order valence-electron chi connectivity index (χ4n) is 5.66. The molecule has 1 saturated heterocycles. The lowest BCUT2D eigenvalue weighted by atomic mass is 9.91. The Hall–Kier alpha value is -4.42. The molecule has 4 aromatic rings. The average molecular weight is 626 g/mol. The van der Waals surface area contributed by atoms with Crippen LogP contribution in [-0.4, -0.2) is 57.4 Å². The summed E-state index contributed by atoms with van der Waals surface area (Å²) in [5.74, 6) is 0.499. The number of hydrogen-bond acceptors (Lipinski definition) is 7. The first-order chi connectivity index (χ1) is 21.5. The molecule has 1 unspecified atom stereocenters. The number of likely N-dealkylation sites (tertiary alicyclic amines) is 1. The third kappa shape index (κ3) is 7.29. The molecular formula is C33H34F3N3O6. The number of hydrogen-bond donors (Lipinski definition) is 1. The highest BCUT2D eigenvalue weighted by atomic mass is 19.4. The molecule has 1 aliphatic rings. The standard InChI is InChI=1S/C33H34F3N3O6/c1-2-7-31(40)45-27-11-6-10-26(19-27)44-25-14-16-37(17-15-25)22-32(41,33(34,35)36)29-21-38(20-23-8-4-3-5-9-23)30-18-24(39(42)43)12-13-28(29)30/h3-6,8-13,18-19,21,25,41H,2,7,14-17,20,22H2,1H3. The summed E-state index contributed by atoms with van der Waals surface area (Å²) in [4.78, 5) is 24.3. The van der Waals surface area contributed by atoms with Crippen molar-refractivity contribution in [3.8, 4) is 11.5 Å². The smallest absolute Gasteiger partial charge is 0.422 e. The van der Waals surface area contributed by atoms with Gasteiger partial charge in [-0.2, -0.15) is 13.2 Å². The van der Waals surface area contributed by atoms with Crippen molar-refractivity contribution in [3.05, 3.63) is 100 Å². The van der Waals surface area contributed by atoms with Crippen LogP contribution in [0.25, 0.3) is 10.9 Å². The molecule has 1 atom stereocenters. The van der Waals surface area contributed by atoms with Crippen LogP contribution < -0.4 is 9.47 Å². The Morgan fingerprint density at radius 1 is 1.02 bits per heavy atom. The van der Waals surface area contributed by atoms with Crippen LogP contribution in [0.2, 0.25) is 0 Å². The number of piperidine rings is 1. The van der Waals surface area contributed by atoms with Crippen LogP contribution in [0.5, 0.6) is 11.5 Å². The zero-order valence-corrected chi connectivity index (χ0v) is 24.7. The predicted octanol–water partition coefficient (Wildman–Crippen LogP) is 6.60. The van der Waals surface area contributed by atoms with Crippen molar-refractivity contribution >= 4 is 22.6 Å². The number of β-amino-alcohol motifs (C(OH)–C–C–N with tert-alkyl or cyclic N) is 1. The molecule has 0 amide bonds. The van der Waals surface area contributed by atoms with Crippen LogP contribution in [0.4, 0.5) is 18.9 Å². The highest BCUT2D eigenvalue weighted by molar-refractivity contribution is 5.87. The fraction of sp³-hybridized carbons (Fsp3) is 0.364. The van der Waals surface area contributed by atoms with E-state index in [9.17, 15) is 33.2 Å². The van der Waals surface area contributed by atoms with Gasteiger partial charge in [-0.05, 0) is 43.0 Å². The van der Waals surface area contributed by atoms with Crippen molar-refractivity contribution in [2.24, 2.45) is 0 Å². The first-order valence-electron chi connectivity index (χ1n) is 14.8. The second kappa shape index (κ2) is 13.3. The Balaban J connectivity index is 1.35. The largest absolute Gasteiger partial charge is 0.490 e. The summed E-state index contributed by atoms with van der Waals surface area (Å²) in [5.41, 5.74) is -2.85. The number of nitro benzene ring substituents is 1. The van der Waals surface area contributed by atoms with Crippen LogP contribution in [0.15, 0.2) is 79.0 Å². The van der Waals surface area contributed by atoms with E-state index in [2.05, 4.69) is 0 Å². The van der Waals surface area contributed by atoms with E-state index in [1.165, 1.54) is 22.9 Å². The molecule has 12 heteroatoms. The normalized spacial score (nSPS) is 15.9. The Bertz CT molecular complexity index is 1650. The van der Waals surface area contributed by atoms with Gasteiger partial charge in [-0.1, -0.05) is 43.3 Å². The number of carbonyl (C=O) groups excluding carboxylic acids is 1. The third-order valence-electron chi connectivity index (χ3n) is 7.97. The van der Waals surface area contributed by atoms with Crippen molar-refractivity contribution in [3.63, 3.8) is 0 Å². The minimum atomic E-state index is -5.04. The fourth-order valence-corrected chi connectivity index (χ4v) is 5.66. The second-order valence-corrected chi connectivity index (χ2v) is 11.3. The van der Waals surface area contributed by atoms with Crippen molar-refractivity contribution < 1.29 is 37.5 Å². The number of nitro groups is 1. The Labute approximate surface area is 257 Å². The highest BCUT2D eigenvalue weighted by Crippen LogP contribution is 2.44. The number of non-ortho nitro benzene ring substituents is 1. The van der Waals surface area contributed by atoms with Crippen LogP contribution in [-0.2, 0) is 16.9 Å². The Morgan fingerprint density at radius 2 is 1.73 bits per heavy atom. The monoisotopic (exact) mass is 625 g/mol. The van der Waals surface area contributed by atoms with Gasteiger partial charge < -0.3 is 19.1 Å². The lowest BCUT2D eigenvalue weighted by Crippen LogP contribution is -2.53. The lowest BCUT2D eigenvalue weighted by Gasteiger charge is -2.39. The molecule has 45 heavy (non-hydrogen) atoms. The maximum Gasteiger partial charge on any atom is 0.422 e. The number of aromatic nitrogens is 1. The van der Waals surface area contributed by atoms with Crippen LogP contribution >= 0.6 is 0 Å². The summed E-state index contributed by atoms with van der Waals surface area (Å²) < 4.78 is 57.3. The molecule has 0 spiro atoms. The van der Waals surface area contributed by atoms with E-state index >= 15 is 0 Å². The van der Waals surface area contributed by atoms with Gasteiger partial charge in [0.25, 0.3) is 5.69 Å². The lowest BCUT2D eigenvalue weighted by molar-refractivity contribution is -0.384. The molecule has 1 aromatic heterocycles. The molecular weight excluding hydrogens is 591 g/mol. The summed E-state index contributed by atoms with van der Waals surface area (Å²) in [6.07, 6.45) is -2.29. The number of fused-ring (bicyclic) bond motifs is 1. The van der Waals surface area contributed by atoms with Crippen molar-refractivity contribution in [1.29, 1.82) is 0 Å². The summed E-state index contributed by atoms with van der Waals surface area (Å²) in [6, 6.07) is 19.4. The molecule has 9 nitrogen and oxygen atoms in total. The zero-order chi connectivity index (χ0) is 32.2. The van der Waals surface area contributed by atoms with Gasteiger partial charge in [0.2, 0.25) is 5.60 Å². The van der Waals surface area contributed by atoms with Crippen LogP contribution in [0, 0.1) is 10.1 Å². The molecule has 1 fully saturated rings. The SMILES string of the molecule is CCCC(=O)Oc1cccc(OC2CCN(CC(O)(c3cn(Cc4ccccc4)c4cc([N+](=O)[O-])ccc34)C(F)(F)F)CC2)c1. The van der Waals surface area contributed by atoms with E-state index in [4.69, 9.17) is 9.47 Å². The molecule has 1 N–H and O–H groups in total. The number of aliphatic hydroxyl groups is 1. The third-order valence-corrected chi connectivity index (χ3v) is 7.97. The summed E-state index contributed by atoms with van der Waals surface area (Å²) in [7, 11) is 0. The minimum Gasteiger partial charge on any atom is -0.490 e. The molecule has 5 rings (SSSR count). The molecule has 2 heterocycles. The summed E-state index contributed by atoms with van der Waals surface area (Å²) in [5, 5.41) is 23.1. The van der Waals surface area contributed by atoms with Gasteiger partial charge in [0.1, 0.15) is 17.6 Å². The maximum absolute atomic E-state index is 14.8. The molecule has 1 aliphatic heterocycles. The van der Waals surface area contributed by atoms with Crippen molar-refractivity contribution in [2.75, 3.05) is 19.6 Å². The number of ether oxygens (including phenoxy) is 2. The molecule has 0 radical (unpaired) electrons. The minimum absolute atomic E-state index is 0.0918. The van der Waals surface area contributed by atoms with Gasteiger partial charge in [-0.3, -0.25) is 19.8 Å². The van der Waals surface area contributed by atoms with Gasteiger partial charge in [0.15, 0.2) is 0 Å². The van der Waals surface area contributed by atoms with E-state index in [-0.39, 0.29) is 53.9 Å².